The molecular formula is C17H15F2NO5. The smallest absolute Gasteiger partial charge is 0.387 e. The van der Waals surface area contributed by atoms with E-state index in [-0.39, 0.29) is 22.7 Å². The number of hydrogen-bond donors (Lipinski definition) is 2. The number of halogens is 2. The molecule has 0 aromatic heterocycles. The molecule has 2 aromatic rings. The van der Waals surface area contributed by atoms with E-state index in [1.54, 1.807) is 0 Å². The number of hydrogen-bond acceptors (Lipinski definition) is 5. The SMILES string of the molecule is C[C@@H](OC(=O)c1ccc(O)cc1)C(=O)Nc1ccccc1OC(F)F. The van der Waals surface area contributed by atoms with Crippen LogP contribution in [0.15, 0.2) is 48.5 Å². The van der Waals surface area contributed by atoms with Gasteiger partial charge in [0.1, 0.15) is 11.5 Å². The second-order valence-corrected chi connectivity index (χ2v) is 4.96. The fraction of sp³-hybridized carbons (Fsp3) is 0.176. The number of carbonyl (C=O) groups excluding carboxylic acids is 2. The number of ether oxygens (including phenoxy) is 2. The van der Waals surface area contributed by atoms with Crippen molar-refractivity contribution in [2.45, 2.75) is 19.6 Å². The standard InChI is InChI=1S/C17H15F2NO5/c1-10(24-16(23)11-6-8-12(21)9-7-11)15(22)20-13-4-2-3-5-14(13)25-17(18)19/h2-10,17,21H,1H3,(H,20,22)/t10-/m1/s1. The van der Waals surface area contributed by atoms with Gasteiger partial charge in [-0.1, -0.05) is 12.1 Å². The van der Waals surface area contributed by atoms with Crippen LogP contribution >= 0.6 is 0 Å². The number of nitrogens with one attached hydrogen (secondary N) is 1. The molecule has 1 atom stereocenters. The molecule has 2 aromatic carbocycles. The first kappa shape index (κ1) is 18.2. The number of rotatable bonds is 6. The van der Waals surface area contributed by atoms with Crippen LogP contribution in [-0.4, -0.2) is 29.7 Å². The van der Waals surface area contributed by atoms with Gasteiger partial charge in [0.25, 0.3) is 5.91 Å². The first-order valence-corrected chi connectivity index (χ1v) is 7.21. The highest BCUT2D eigenvalue weighted by atomic mass is 19.3. The minimum Gasteiger partial charge on any atom is -0.508 e. The molecule has 8 heteroatoms. The van der Waals surface area contributed by atoms with Crippen molar-refractivity contribution in [3.63, 3.8) is 0 Å². The molecule has 0 saturated carbocycles. The minimum atomic E-state index is -3.04. The molecule has 2 rings (SSSR count). The van der Waals surface area contributed by atoms with Gasteiger partial charge in [-0.15, -0.1) is 0 Å². The Morgan fingerprint density at radius 2 is 1.72 bits per heavy atom. The van der Waals surface area contributed by atoms with Crippen LogP contribution < -0.4 is 10.1 Å². The first-order chi connectivity index (χ1) is 11.9. The summed E-state index contributed by atoms with van der Waals surface area (Å²) >= 11 is 0. The normalized spacial score (nSPS) is 11.7. The van der Waals surface area contributed by atoms with Gasteiger partial charge in [0.2, 0.25) is 0 Å². The van der Waals surface area contributed by atoms with Gasteiger partial charge in [0, 0.05) is 0 Å². The van der Waals surface area contributed by atoms with Crippen LogP contribution in [0.3, 0.4) is 0 Å². The van der Waals surface area contributed by atoms with E-state index in [1.807, 2.05) is 0 Å². The molecule has 0 spiro atoms. The molecule has 1 amide bonds. The summed E-state index contributed by atoms with van der Waals surface area (Å²) in [6.07, 6.45) is -1.18. The Morgan fingerprint density at radius 1 is 1.08 bits per heavy atom. The van der Waals surface area contributed by atoms with Crippen molar-refractivity contribution in [3.05, 3.63) is 54.1 Å². The quantitative estimate of drug-likeness (QED) is 0.781. The van der Waals surface area contributed by atoms with E-state index in [0.29, 0.717) is 0 Å². The molecule has 0 saturated heterocycles. The lowest BCUT2D eigenvalue weighted by Gasteiger charge is -2.15. The lowest BCUT2D eigenvalue weighted by Crippen LogP contribution is -2.30. The van der Waals surface area contributed by atoms with E-state index in [9.17, 15) is 23.5 Å². The number of carbonyl (C=O) groups is 2. The summed E-state index contributed by atoms with van der Waals surface area (Å²) in [4.78, 5) is 24.0. The zero-order chi connectivity index (χ0) is 18.4. The Kier molecular flexibility index (Phi) is 5.89. The highest BCUT2D eigenvalue weighted by Crippen LogP contribution is 2.25. The Labute approximate surface area is 142 Å². The van der Waals surface area contributed by atoms with Crippen LogP contribution in [0.1, 0.15) is 17.3 Å². The largest absolute Gasteiger partial charge is 0.508 e. The number of anilines is 1. The predicted molar refractivity (Wildman–Crippen MR) is 84.7 cm³/mol. The van der Waals surface area contributed by atoms with Gasteiger partial charge in [0.05, 0.1) is 11.3 Å². The molecule has 2 N–H and O–H groups in total. The van der Waals surface area contributed by atoms with Gasteiger partial charge in [-0.25, -0.2) is 4.79 Å². The number of para-hydroxylation sites is 2. The van der Waals surface area contributed by atoms with E-state index in [0.717, 1.165) is 0 Å². The third-order valence-corrected chi connectivity index (χ3v) is 3.12. The summed E-state index contributed by atoms with van der Waals surface area (Å²) < 4.78 is 34.0. The van der Waals surface area contributed by atoms with Crippen LogP contribution in [0.4, 0.5) is 14.5 Å². The van der Waals surface area contributed by atoms with Gasteiger partial charge in [0.15, 0.2) is 6.10 Å². The zero-order valence-electron chi connectivity index (χ0n) is 13.1. The summed E-state index contributed by atoms with van der Waals surface area (Å²) in [6.45, 7) is -1.70. The van der Waals surface area contributed by atoms with Crippen molar-refractivity contribution >= 4 is 17.6 Å². The summed E-state index contributed by atoms with van der Waals surface area (Å²) in [5.74, 6) is -1.70. The third-order valence-electron chi connectivity index (χ3n) is 3.12. The van der Waals surface area contributed by atoms with Crippen molar-refractivity contribution in [2.75, 3.05) is 5.32 Å². The Bertz CT molecular complexity index is 749. The van der Waals surface area contributed by atoms with E-state index in [2.05, 4.69) is 10.1 Å². The molecule has 0 heterocycles. The van der Waals surface area contributed by atoms with Crippen molar-refractivity contribution in [1.82, 2.24) is 0 Å². The van der Waals surface area contributed by atoms with E-state index >= 15 is 0 Å². The van der Waals surface area contributed by atoms with Crippen LogP contribution in [0.5, 0.6) is 11.5 Å². The number of phenols is 1. The molecule has 0 aliphatic rings. The molecule has 0 unspecified atom stereocenters. The average Bonchev–Trinajstić information content (AvgIpc) is 2.56. The number of aromatic hydroxyl groups is 1. The fourth-order valence-corrected chi connectivity index (χ4v) is 1.88. The molecule has 25 heavy (non-hydrogen) atoms. The topological polar surface area (TPSA) is 84.9 Å². The lowest BCUT2D eigenvalue weighted by atomic mass is 10.2. The van der Waals surface area contributed by atoms with Gasteiger partial charge >= 0.3 is 12.6 Å². The van der Waals surface area contributed by atoms with Crippen LogP contribution in [-0.2, 0) is 9.53 Å². The third kappa shape index (κ3) is 5.17. The molecule has 132 valence electrons. The molecule has 0 radical (unpaired) electrons. The van der Waals surface area contributed by atoms with Crippen molar-refractivity contribution in [1.29, 1.82) is 0 Å². The van der Waals surface area contributed by atoms with E-state index < -0.39 is 24.6 Å². The number of phenolic OH excluding ortho intramolecular Hbond substituents is 1. The monoisotopic (exact) mass is 351 g/mol. The highest BCUT2D eigenvalue weighted by Gasteiger charge is 2.20. The number of esters is 1. The predicted octanol–water partition coefficient (Wildman–Crippen LogP) is 3.18. The lowest BCUT2D eigenvalue weighted by molar-refractivity contribution is -0.123. The zero-order valence-corrected chi connectivity index (χ0v) is 13.1. The number of benzene rings is 2. The molecule has 0 bridgehead atoms. The Hall–Kier alpha value is -3.16. The van der Waals surface area contributed by atoms with Gasteiger partial charge in [-0.05, 0) is 43.3 Å². The summed E-state index contributed by atoms with van der Waals surface area (Å²) in [6, 6.07) is 10.9. The minimum absolute atomic E-state index is 0.0158. The second kappa shape index (κ2) is 8.09. The van der Waals surface area contributed by atoms with Crippen LogP contribution in [0.2, 0.25) is 0 Å². The number of amides is 1. The van der Waals surface area contributed by atoms with Gasteiger partial charge < -0.3 is 19.9 Å². The second-order valence-electron chi connectivity index (χ2n) is 4.96. The Morgan fingerprint density at radius 3 is 2.36 bits per heavy atom. The highest BCUT2D eigenvalue weighted by molar-refractivity contribution is 5.98. The van der Waals surface area contributed by atoms with Crippen LogP contribution in [0, 0.1) is 0 Å². The summed E-state index contributed by atoms with van der Waals surface area (Å²) in [7, 11) is 0. The number of alkyl halides is 2. The molecule has 0 fully saturated rings. The maximum atomic E-state index is 12.4. The van der Waals surface area contributed by atoms with E-state index in [4.69, 9.17) is 4.74 Å². The van der Waals surface area contributed by atoms with Gasteiger partial charge in [-0.2, -0.15) is 8.78 Å². The van der Waals surface area contributed by atoms with Crippen LogP contribution in [0.25, 0.3) is 0 Å². The summed E-state index contributed by atoms with van der Waals surface area (Å²) in [5, 5.41) is 11.5. The van der Waals surface area contributed by atoms with Crippen molar-refractivity contribution in [3.8, 4) is 11.5 Å². The fourth-order valence-electron chi connectivity index (χ4n) is 1.88. The maximum absolute atomic E-state index is 12.4. The van der Waals surface area contributed by atoms with Crippen molar-refractivity contribution in [2.24, 2.45) is 0 Å². The first-order valence-electron chi connectivity index (χ1n) is 7.21. The van der Waals surface area contributed by atoms with Crippen molar-refractivity contribution < 1.29 is 33.0 Å². The molecule has 0 aliphatic carbocycles. The summed E-state index contributed by atoms with van der Waals surface area (Å²) in [5.41, 5.74) is 0.180. The average molecular weight is 351 g/mol. The van der Waals surface area contributed by atoms with Gasteiger partial charge in [-0.3, -0.25) is 4.79 Å². The Balaban J connectivity index is 2.01. The molecule has 6 nitrogen and oxygen atoms in total. The maximum Gasteiger partial charge on any atom is 0.387 e. The molecular weight excluding hydrogens is 336 g/mol. The molecule has 0 aliphatic heterocycles. The van der Waals surface area contributed by atoms with E-state index in [1.165, 1.54) is 55.5 Å².